The molecule has 0 radical (unpaired) electrons. The number of hydrogen-bond acceptors (Lipinski definition) is 4. The fraction of sp³-hybridized carbons (Fsp3) is 0.111. The first kappa shape index (κ1) is 9.36. The van der Waals surface area contributed by atoms with Gasteiger partial charge in [0.1, 0.15) is 0 Å². The van der Waals surface area contributed by atoms with Gasteiger partial charge in [0.05, 0.1) is 16.8 Å². The highest BCUT2D eigenvalue weighted by molar-refractivity contribution is 7.77. The average Bonchev–Trinajstić information content (AvgIpc) is 2.43. The lowest BCUT2D eigenvalue weighted by Gasteiger charge is -2.04. The topological polar surface area (TPSA) is 39.1 Å². The molecule has 0 aliphatic rings. The molecule has 1 aromatic carbocycles. The van der Waals surface area contributed by atoms with Crippen LogP contribution in [0.3, 0.4) is 0 Å². The van der Waals surface area contributed by atoms with Crippen molar-refractivity contribution in [3.8, 4) is 0 Å². The Morgan fingerprint density at radius 2 is 2.14 bits per heavy atom. The van der Waals surface area contributed by atoms with Gasteiger partial charge in [-0.2, -0.15) is 0 Å². The van der Waals surface area contributed by atoms with E-state index in [1.807, 2.05) is 24.3 Å². The lowest BCUT2D eigenvalue weighted by atomic mass is 10.3. The number of para-hydroxylation sites is 1. The van der Waals surface area contributed by atoms with Crippen molar-refractivity contribution < 1.29 is 4.79 Å². The Bertz CT molecular complexity index is 541. The summed E-state index contributed by atoms with van der Waals surface area (Å²) in [5.41, 5.74) is 0.778. The first-order valence-electron chi connectivity index (χ1n) is 3.96. The zero-order valence-electron chi connectivity index (χ0n) is 7.10. The second-order valence-electron chi connectivity index (χ2n) is 2.79. The minimum Gasteiger partial charge on any atom is -0.740 e. The maximum absolute atomic E-state index is 11.5. The van der Waals surface area contributed by atoms with E-state index in [2.05, 4.69) is 12.6 Å². The van der Waals surface area contributed by atoms with E-state index in [1.165, 1.54) is 4.57 Å². The van der Waals surface area contributed by atoms with Crippen LogP contribution in [0.1, 0.15) is 0 Å². The molecular formula is C9H6NO2S2-. The van der Waals surface area contributed by atoms with E-state index in [1.54, 1.807) is 0 Å². The molecule has 0 saturated heterocycles. The van der Waals surface area contributed by atoms with Crippen LogP contribution in [0, 0.1) is 0 Å². The molecule has 14 heavy (non-hydrogen) atoms. The molecule has 0 saturated carbocycles. The minimum atomic E-state index is -0.421. The van der Waals surface area contributed by atoms with Gasteiger partial charge in [0.25, 0.3) is 0 Å². The Labute approximate surface area is 89.4 Å². The number of carbonyl (C=O) groups is 1. The van der Waals surface area contributed by atoms with E-state index in [4.69, 9.17) is 0 Å². The Morgan fingerprint density at radius 3 is 2.86 bits per heavy atom. The molecule has 0 amide bonds. The van der Waals surface area contributed by atoms with E-state index >= 15 is 0 Å². The summed E-state index contributed by atoms with van der Waals surface area (Å²) >= 11 is 5.59. The maximum atomic E-state index is 11.5. The number of carbonyl (C=O) groups excluding carboxylic acids is 1. The highest BCUT2D eigenvalue weighted by atomic mass is 32.1. The van der Waals surface area contributed by atoms with Crippen LogP contribution >= 0.6 is 11.3 Å². The summed E-state index contributed by atoms with van der Waals surface area (Å²) in [5.74, 6) is 0. The van der Waals surface area contributed by atoms with Gasteiger partial charge in [-0.15, -0.1) is 0 Å². The van der Waals surface area contributed by atoms with Crippen LogP contribution in [0.15, 0.2) is 29.1 Å². The zero-order chi connectivity index (χ0) is 10.1. The summed E-state index contributed by atoms with van der Waals surface area (Å²) in [4.78, 5) is 22.1. The molecule has 0 atom stereocenters. The fourth-order valence-electron chi connectivity index (χ4n) is 1.29. The summed E-state index contributed by atoms with van der Waals surface area (Å²) in [7, 11) is 0. The van der Waals surface area contributed by atoms with E-state index < -0.39 is 5.12 Å². The predicted octanol–water partition coefficient (Wildman–Crippen LogP) is 1.14. The van der Waals surface area contributed by atoms with Crippen molar-refractivity contribution in [1.82, 2.24) is 4.57 Å². The van der Waals surface area contributed by atoms with E-state index in [9.17, 15) is 9.59 Å². The quantitative estimate of drug-likeness (QED) is 0.718. The Morgan fingerprint density at radius 1 is 1.43 bits per heavy atom. The predicted molar refractivity (Wildman–Crippen MR) is 58.5 cm³/mol. The maximum Gasteiger partial charge on any atom is 0.308 e. The Hall–Kier alpha value is -1.20. The van der Waals surface area contributed by atoms with Gasteiger partial charge >= 0.3 is 4.87 Å². The monoisotopic (exact) mass is 224 g/mol. The highest BCUT2D eigenvalue weighted by Crippen LogP contribution is 2.15. The molecule has 3 nitrogen and oxygen atoms in total. The van der Waals surface area contributed by atoms with Crippen LogP contribution in [0.4, 0.5) is 0 Å². The highest BCUT2D eigenvalue weighted by Gasteiger charge is 2.05. The third-order valence-corrected chi connectivity index (χ3v) is 2.95. The molecule has 0 spiro atoms. The standard InChI is InChI=1S/C9H7NO2S2/c11-8(13)5-10-6-3-1-2-4-7(6)14-9(10)12/h1-4H,5H2,(H,11,13)/p-1. The molecule has 2 aromatic rings. The summed E-state index contributed by atoms with van der Waals surface area (Å²) in [6.07, 6.45) is 0. The van der Waals surface area contributed by atoms with Crippen LogP contribution in [0.2, 0.25) is 0 Å². The van der Waals surface area contributed by atoms with Gasteiger partial charge in [-0.1, -0.05) is 23.5 Å². The first-order chi connectivity index (χ1) is 6.68. The smallest absolute Gasteiger partial charge is 0.308 e. The average molecular weight is 224 g/mol. The van der Waals surface area contributed by atoms with Crippen LogP contribution in [-0.4, -0.2) is 9.68 Å². The van der Waals surface area contributed by atoms with Crippen molar-refractivity contribution >= 4 is 39.3 Å². The molecule has 2 rings (SSSR count). The number of thiazole rings is 1. The molecule has 0 fully saturated rings. The first-order valence-corrected chi connectivity index (χ1v) is 5.19. The van der Waals surface area contributed by atoms with Gasteiger partial charge < -0.3 is 17.4 Å². The minimum absolute atomic E-state index is 0.0157. The van der Waals surface area contributed by atoms with Gasteiger partial charge in [0.2, 0.25) is 0 Å². The summed E-state index contributed by atoms with van der Waals surface area (Å²) in [6, 6.07) is 7.36. The van der Waals surface area contributed by atoms with E-state index in [0.29, 0.717) is 0 Å². The fourth-order valence-corrected chi connectivity index (χ4v) is 2.31. The molecule has 0 unspecified atom stereocenters. The largest absolute Gasteiger partial charge is 0.740 e. The second kappa shape index (κ2) is 3.51. The van der Waals surface area contributed by atoms with Crippen LogP contribution in [-0.2, 0) is 24.0 Å². The van der Waals surface area contributed by atoms with Gasteiger partial charge in [-0.3, -0.25) is 9.36 Å². The van der Waals surface area contributed by atoms with Gasteiger partial charge in [-0.05, 0) is 12.1 Å². The molecular weight excluding hydrogens is 218 g/mol. The third kappa shape index (κ3) is 1.56. The van der Waals surface area contributed by atoms with E-state index in [-0.39, 0.29) is 11.4 Å². The van der Waals surface area contributed by atoms with Gasteiger partial charge in [-0.25, -0.2) is 0 Å². The van der Waals surface area contributed by atoms with Crippen molar-refractivity contribution in [3.05, 3.63) is 33.9 Å². The number of benzene rings is 1. The second-order valence-corrected chi connectivity index (χ2v) is 4.24. The summed E-state index contributed by atoms with van der Waals surface area (Å²) in [5, 5.41) is -0.421. The number of fused-ring (bicyclic) bond motifs is 1. The number of nitrogens with zero attached hydrogens (tertiary/aromatic N) is 1. The van der Waals surface area contributed by atoms with Crippen molar-refractivity contribution in [1.29, 1.82) is 0 Å². The summed E-state index contributed by atoms with van der Waals surface area (Å²) in [6.45, 7) is -0.0157. The Kier molecular flexibility index (Phi) is 2.35. The molecule has 0 aliphatic carbocycles. The van der Waals surface area contributed by atoms with Crippen LogP contribution in [0.5, 0.6) is 0 Å². The molecule has 5 heteroatoms. The summed E-state index contributed by atoms with van der Waals surface area (Å²) < 4.78 is 2.30. The normalized spacial score (nSPS) is 10.6. The number of hydrogen-bond donors (Lipinski definition) is 0. The van der Waals surface area contributed by atoms with Crippen molar-refractivity contribution in [2.24, 2.45) is 0 Å². The molecule has 0 bridgehead atoms. The van der Waals surface area contributed by atoms with Crippen LogP contribution < -0.4 is 4.87 Å². The SMILES string of the molecule is O=C([S-])Cn1c(=O)sc2ccccc21. The third-order valence-electron chi connectivity index (χ3n) is 1.86. The van der Waals surface area contributed by atoms with Crippen molar-refractivity contribution in [2.75, 3.05) is 0 Å². The Balaban J connectivity index is 2.68. The van der Waals surface area contributed by atoms with Crippen molar-refractivity contribution in [2.45, 2.75) is 6.54 Å². The van der Waals surface area contributed by atoms with E-state index in [0.717, 1.165) is 21.6 Å². The van der Waals surface area contributed by atoms with Crippen molar-refractivity contribution in [3.63, 3.8) is 0 Å². The molecule has 0 N–H and O–H groups in total. The molecule has 72 valence electrons. The molecule has 1 aromatic heterocycles. The number of rotatable bonds is 2. The lowest BCUT2D eigenvalue weighted by molar-refractivity contribution is -0.111. The van der Waals surface area contributed by atoms with Gasteiger partial charge in [0, 0.05) is 5.12 Å². The lowest BCUT2D eigenvalue weighted by Crippen LogP contribution is -2.17. The number of aromatic nitrogens is 1. The molecule has 1 heterocycles. The molecule has 0 aliphatic heterocycles. The van der Waals surface area contributed by atoms with Gasteiger partial charge in [0.15, 0.2) is 0 Å². The van der Waals surface area contributed by atoms with Crippen LogP contribution in [0.25, 0.3) is 10.2 Å². The zero-order valence-corrected chi connectivity index (χ0v) is 8.73.